The first kappa shape index (κ1) is 20.8. The van der Waals surface area contributed by atoms with Crippen molar-refractivity contribution in [2.24, 2.45) is 0 Å². The second kappa shape index (κ2) is 8.32. The number of aliphatic hydroxyl groups is 1. The molecule has 0 spiro atoms. The van der Waals surface area contributed by atoms with Gasteiger partial charge in [0, 0.05) is 6.54 Å². The van der Waals surface area contributed by atoms with Crippen LogP contribution in [0.3, 0.4) is 0 Å². The van der Waals surface area contributed by atoms with Crippen molar-refractivity contribution in [2.45, 2.75) is 63.3 Å². The monoisotopic (exact) mass is 411 g/mol. The summed E-state index contributed by atoms with van der Waals surface area (Å²) in [6, 6.07) is 21.9. The van der Waals surface area contributed by atoms with Gasteiger partial charge in [-0.25, -0.2) is 0 Å². The van der Waals surface area contributed by atoms with Gasteiger partial charge in [0.15, 0.2) is 0 Å². The molecule has 2 aromatic carbocycles. The molecule has 29 heavy (non-hydrogen) atoms. The molecule has 5 heteroatoms. The number of benzene rings is 2. The van der Waals surface area contributed by atoms with Crippen LogP contribution in [-0.4, -0.2) is 49.9 Å². The van der Waals surface area contributed by atoms with Crippen LogP contribution in [0.25, 0.3) is 0 Å². The molecular weight excluding hydrogens is 378 g/mol. The van der Waals surface area contributed by atoms with Gasteiger partial charge in [0.05, 0.1) is 18.8 Å². The second-order valence-corrected chi connectivity index (χ2v) is 13.6. The minimum Gasteiger partial charge on any atom is -0.403 e. The van der Waals surface area contributed by atoms with Crippen molar-refractivity contribution in [1.29, 1.82) is 0 Å². The van der Waals surface area contributed by atoms with Gasteiger partial charge < -0.3 is 9.53 Å². The number of aliphatic hydroxyl groups excluding tert-OH is 1. The molecule has 2 aliphatic rings. The molecule has 2 saturated heterocycles. The molecule has 0 aliphatic carbocycles. The Kier molecular flexibility index (Phi) is 5.96. The van der Waals surface area contributed by atoms with Crippen LogP contribution in [0, 0.1) is 0 Å². The van der Waals surface area contributed by atoms with Crippen LogP contribution in [-0.2, 0) is 9.26 Å². The largest absolute Gasteiger partial charge is 0.403 e. The fourth-order valence-corrected chi connectivity index (χ4v) is 9.80. The van der Waals surface area contributed by atoms with E-state index in [2.05, 4.69) is 86.5 Å². The van der Waals surface area contributed by atoms with Crippen molar-refractivity contribution in [3.8, 4) is 0 Å². The number of nitrogens with zero attached hydrogens (tertiary/aromatic N) is 1. The predicted octanol–water partition coefficient (Wildman–Crippen LogP) is 3.09. The summed E-state index contributed by atoms with van der Waals surface area (Å²) >= 11 is 0. The van der Waals surface area contributed by atoms with Crippen LogP contribution in [0.15, 0.2) is 60.7 Å². The van der Waals surface area contributed by atoms with Crippen LogP contribution < -0.4 is 10.4 Å². The van der Waals surface area contributed by atoms with E-state index in [1.54, 1.807) is 0 Å². The van der Waals surface area contributed by atoms with E-state index in [0.717, 1.165) is 25.8 Å². The third kappa shape index (κ3) is 3.82. The fourth-order valence-electron chi connectivity index (χ4n) is 5.06. The van der Waals surface area contributed by atoms with E-state index in [-0.39, 0.29) is 29.9 Å². The van der Waals surface area contributed by atoms with E-state index in [0.29, 0.717) is 0 Å². The van der Waals surface area contributed by atoms with E-state index >= 15 is 0 Å². The normalized spacial score (nSPS) is 25.7. The molecule has 0 unspecified atom stereocenters. The Balaban J connectivity index is 1.79. The number of hydrogen-bond acceptors (Lipinski definition) is 4. The number of rotatable bonds is 5. The molecule has 1 N–H and O–H groups in total. The van der Waals surface area contributed by atoms with Crippen LogP contribution >= 0.6 is 0 Å². The molecule has 2 aliphatic heterocycles. The molecule has 4 nitrogen and oxygen atoms in total. The average molecular weight is 412 g/mol. The Morgan fingerprint density at radius 3 is 2.14 bits per heavy atom. The van der Waals surface area contributed by atoms with Gasteiger partial charge in [-0.2, -0.15) is 5.06 Å². The molecule has 4 rings (SSSR count). The number of piperidine rings is 1. The Hall–Kier alpha value is -1.50. The van der Waals surface area contributed by atoms with Gasteiger partial charge in [0.2, 0.25) is 0 Å². The molecular formula is C24H33NO3Si. The zero-order valence-corrected chi connectivity index (χ0v) is 18.8. The summed E-state index contributed by atoms with van der Waals surface area (Å²) in [5, 5.41) is 14.3. The van der Waals surface area contributed by atoms with E-state index in [9.17, 15) is 5.11 Å². The van der Waals surface area contributed by atoms with Gasteiger partial charge in [-0.1, -0.05) is 81.4 Å². The molecule has 0 aromatic heterocycles. The second-order valence-electron chi connectivity index (χ2n) is 9.32. The average Bonchev–Trinajstić information content (AvgIpc) is 3.16. The lowest BCUT2D eigenvalue weighted by Gasteiger charge is -2.48. The molecule has 0 saturated carbocycles. The highest BCUT2D eigenvalue weighted by atomic mass is 28.4. The third-order valence-corrected chi connectivity index (χ3v) is 11.5. The van der Waals surface area contributed by atoms with Gasteiger partial charge >= 0.3 is 0 Å². The number of hydroxylamine groups is 2. The predicted molar refractivity (Wildman–Crippen MR) is 119 cm³/mol. The van der Waals surface area contributed by atoms with Gasteiger partial charge in [0.1, 0.15) is 6.10 Å². The van der Waals surface area contributed by atoms with Crippen LogP contribution in [0.1, 0.15) is 40.0 Å². The quantitative estimate of drug-likeness (QED) is 0.768. The van der Waals surface area contributed by atoms with E-state index in [1.807, 2.05) is 0 Å². The fraction of sp³-hybridized carbons (Fsp3) is 0.500. The Bertz CT molecular complexity index is 753. The van der Waals surface area contributed by atoms with Crippen molar-refractivity contribution < 1.29 is 14.4 Å². The summed E-state index contributed by atoms with van der Waals surface area (Å²) in [7, 11) is -2.57. The van der Waals surface area contributed by atoms with Gasteiger partial charge in [-0.05, 0) is 34.7 Å². The molecule has 0 amide bonds. The maximum Gasteiger partial charge on any atom is 0.261 e. The highest BCUT2D eigenvalue weighted by Crippen LogP contribution is 2.40. The van der Waals surface area contributed by atoms with E-state index < -0.39 is 8.32 Å². The first-order chi connectivity index (χ1) is 14.0. The topological polar surface area (TPSA) is 41.9 Å². The molecule has 156 valence electrons. The zero-order chi connectivity index (χ0) is 20.5. The van der Waals surface area contributed by atoms with Crippen LogP contribution in [0.4, 0.5) is 0 Å². The molecule has 2 aromatic rings. The first-order valence-corrected chi connectivity index (χ1v) is 12.7. The summed E-state index contributed by atoms with van der Waals surface area (Å²) in [5.41, 5.74) is 0. The summed E-state index contributed by atoms with van der Waals surface area (Å²) in [4.78, 5) is 5.98. The lowest BCUT2D eigenvalue weighted by Crippen LogP contribution is -2.69. The van der Waals surface area contributed by atoms with Gasteiger partial charge in [-0.15, -0.1) is 0 Å². The highest BCUT2D eigenvalue weighted by Gasteiger charge is 2.53. The Labute approximate surface area is 175 Å². The van der Waals surface area contributed by atoms with E-state index in [4.69, 9.17) is 9.26 Å². The van der Waals surface area contributed by atoms with Crippen molar-refractivity contribution >= 4 is 18.7 Å². The Morgan fingerprint density at radius 2 is 1.62 bits per heavy atom. The van der Waals surface area contributed by atoms with Crippen molar-refractivity contribution in [2.75, 3.05) is 13.2 Å². The SMILES string of the molecule is CC(C)(C)[Si](O[C@H]1CCCN2O[C@@H](CO)C[C@H]12)(c1ccccc1)c1ccccc1. The summed E-state index contributed by atoms with van der Waals surface area (Å²) in [6.07, 6.45) is 2.92. The molecule has 3 atom stereocenters. The summed E-state index contributed by atoms with van der Waals surface area (Å²) in [5.74, 6) is 0. The number of fused-ring (bicyclic) bond motifs is 1. The van der Waals surface area contributed by atoms with Crippen molar-refractivity contribution in [3.63, 3.8) is 0 Å². The first-order valence-electron chi connectivity index (χ1n) is 10.8. The molecule has 2 fully saturated rings. The lowest BCUT2D eigenvalue weighted by molar-refractivity contribution is -0.192. The highest BCUT2D eigenvalue weighted by molar-refractivity contribution is 6.99. The summed E-state index contributed by atoms with van der Waals surface area (Å²) in [6.45, 7) is 7.95. The molecule has 0 radical (unpaired) electrons. The maximum atomic E-state index is 9.63. The molecule has 2 heterocycles. The standard InChI is InChI=1S/C24H33NO3Si/c1-24(2,3)29(20-11-6-4-7-12-20,21-13-8-5-9-14-21)28-23-15-10-16-25-22(23)17-19(18-26)27-25/h4-9,11-14,19,22-23,26H,10,15-18H2,1-3H3/t19-,22-,23+/m1/s1. The van der Waals surface area contributed by atoms with Gasteiger partial charge in [-0.3, -0.25) is 4.84 Å². The third-order valence-electron chi connectivity index (χ3n) is 6.40. The van der Waals surface area contributed by atoms with E-state index in [1.165, 1.54) is 10.4 Å². The summed E-state index contributed by atoms with van der Waals surface area (Å²) < 4.78 is 7.36. The maximum absolute atomic E-state index is 9.63. The Morgan fingerprint density at radius 1 is 1.03 bits per heavy atom. The van der Waals surface area contributed by atoms with Crippen LogP contribution in [0.5, 0.6) is 0 Å². The van der Waals surface area contributed by atoms with Gasteiger partial charge in [0.25, 0.3) is 8.32 Å². The van der Waals surface area contributed by atoms with Crippen molar-refractivity contribution in [3.05, 3.63) is 60.7 Å². The molecule has 0 bridgehead atoms. The smallest absolute Gasteiger partial charge is 0.261 e. The number of hydrogen-bond donors (Lipinski definition) is 1. The lowest BCUT2D eigenvalue weighted by atomic mass is 9.97. The minimum absolute atomic E-state index is 0.0339. The van der Waals surface area contributed by atoms with Crippen LogP contribution in [0.2, 0.25) is 5.04 Å². The van der Waals surface area contributed by atoms with Crippen molar-refractivity contribution in [1.82, 2.24) is 5.06 Å². The minimum atomic E-state index is -2.57. The zero-order valence-electron chi connectivity index (χ0n) is 17.8.